The maximum Gasteiger partial charge on any atom is 0.407 e. The van der Waals surface area contributed by atoms with Gasteiger partial charge in [-0.05, 0) is 18.4 Å². The van der Waals surface area contributed by atoms with Crippen molar-refractivity contribution in [1.82, 2.24) is 4.90 Å². The van der Waals surface area contributed by atoms with Crippen molar-refractivity contribution in [2.75, 3.05) is 27.8 Å². The van der Waals surface area contributed by atoms with E-state index in [0.29, 0.717) is 12.1 Å². The van der Waals surface area contributed by atoms with Crippen molar-refractivity contribution < 1.29 is 18.8 Å². The summed E-state index contributed by atoms with van der Waals surface area (Å²) < 4.78 is 10.8. The van der Waals surface area contributed by atoms with Crippen molar-refractivity contribution in [2.24, 2.45) is 0 Å². The molecule has 5 nitrogen and oxygen atoms in total. The van der Waals surface area contributed by atoms with Crippen LogP contribution in [0.4, 0.5) is 4.79 Å². The minimum absolute atomic E-state index is 0.553. The second-order valence-corrected chi connectivity index (χ2v) is 7.18. The predicted octanol–water partition coefficient (Wildman–Crippen LogP) is 2.45. The van der Waals surface area contributed by atoms with Crippen LogP contribution in [-0.2, 0) is 8.85 Å². The Balaban J connectivity index is 3.71. The standard InChI is InChI=1S/C12H27NO4Si/c1-5-11(18(16-3)17-4)9-7-6-8-10-13(2)12(14)15/h11,18H,5-10H2,1-4H3,(H,14,15). The van der Waals surface area contributed by atoms with E-state index in [4.69, 9.17) is 14.0 Å². The number of carboxylic acid groups (broad SMARTS) is 1. The largest absolute Gasteiger partial charge is 0.465 e. The highest BCUT2D eigenvalue weighted by Crippen LogP contribution is 2.23. The van der Waals surface area contributed by atoms with Crippen molar-refractivity contribution in [3.8, 4) is 0 Å². The molecular formula is C12H27NO4Si. The summed E-state index contributed by atoms with van der Waals surface area (Å²) >= 11 is 0. The molecule has 1 atom stereocenters. The van der Waals surface area contributed by atoms with E-state index in [-0.39, 0.29) is 0 Å². The summed E-state index contributed by atoms with van der Waals surface area (Å²) in [5.41, 5.74) is 0.553. The maximum atomic E-state index is 10.6. The molecule has 0 saturated heterocycles. The van der Waals surface area contributed by atoms with Crippen LogP contribution in [0.5, 0.6) is 0 Å². The Morgan fingerprint density at radius 2 is 1.89 bits per heavy atom. The quantitative estimate of drug-likeness (QED) is 0.492. The third-order valence-corrected chi connectivity index (χ3v) is 5.77. The zero-order valence-corrected chi connectivity index (χ0v) is 13.2. The fourth-order valence-electron chi connectivity index (χ4n) is 2.04. The first-order valence-electron chi connectivity index (χ1n) is 6.56. The lowest BCUT2D eigenvalue weighted by Gasteiger charge is -2.21. The molecule has 1 N–H and O–H groups in total. The maximum absolute atomic E-state index is 10.6. The fraction of sp³-hybridized carbons (Fsp3) is 0.917. The number of rotatable bonds is 10. The smallest absolute Gasteiger partial charge is 0.407 e. The molecule has 0 heterocycles. The van der Waals surface area contributed by atoms with Gasteiger partial charge in [-0.2, -0.15) is 0 Å². The van der Waals surface area contributed by atoms with Gasteiger partial charge >= 0.3 is 15.4 Å². The minimum Gasteiger partial charge on any atom is -0.465 e. The summed E-state index contributed by atoms with van der Waals surface area (Å²) in [5, 5.41) is 8.70. The predicted molar refractivity (Wildman–Crippen MR) is 74.3 cm³/mol. The fourth-order valence-corrected chi connectivity index (χ4v) is 3.90. The number of amides is 1. The number of nitrogens with zero attached hydrogens (tertiary/aromatic N) is 1. The molecule has 0 aromatic heterocycles. The molecule has 0 fully saturated rings. The molecule has 0 aromatic carbocycles. The summed E-state index contributed by atoms with van der Waals surface area (Å²) in [6.45, 7) is 2.78. The highest BCUT2D eigenvalue weighted by Gasteiger charge is 2.21. The number of unbranched alkanes of at least 4 members (excludes halogenated alkanes) is 2. The summed E-state index contributed by atoms with van der Waals surface area (Å²) in [7, 11) is 3.56. The van der Waals surface area contributed by atoms with Gasteiger partial charge in [-0.3, -0.25) is 0 Å². The third kappa shape index (κ3) is 6.98. The van der Waals surface area contributed by atoms with Crippen molar-refractivity contribution in [2.45, 2.75) is 44.6 Å². The summed E-state index contributed by atoms with van der Waals surface area (Å²) in [4.78, 5) is 11.9. The van der Waals surface area contributed by atoms with E-state index in [1.165, 1.54) is 4.90 Å². The first-order valence-corrected chi connectivity index (χ1v) is 8.17. The SMILES string of the molecule is CCC(CCCCCN(C)C(=O)O)[SiH](OC)OC. The molecule has 1 unspecified atom stereocenters. The zero-order valence-electron chi connectivity index (χ0n) is 12.0. The van der Waals surface area contributed by atoms with Gasteiger partial charge in [-0.15, -0.1) is 0 Å². The van der Waals surface area contributed by atoms with Crippen LogP contribution in [0.1, 0.15) is 39.0 Å². The number of carbonyl (C=O) groups is 1. The minimum atomic E-state index is -1.50. The summed E-state index contributed by atoms with van der Waals surface area (Å²) in [6.07, 6.45) is 4.45. The Labute approximate surface area is 112 Å². The lowest BCUT2D eigenvalue weighted by atomic mass is 10.1. The molecule has 0 rings (SSSR count). The van der Waals surface area contributed by atoms with Crippen LogP contribution in [0, 0.1) is 0 Å². The highest BCUT2D eigenvalue weighted by atomic mass is 28.3. The molecule has 108 valence electrons. The first-order chi connectivity index (χ1) is 8.56. The van der Waals surface area contributed by atoms with E-state index in [0.717, 1.165) is 32.1 Å². The molecular weight excluding hydrogens is 250 g/mol. The highest BCUT2D eigenvalue weighted by molar-refractivity contribution is 6.46. The van der Waals surface area contributed by atoms with Gasteiger partial charge in [0.2, 0.25) is 0 Å². The Hall–Kier alpha value is -0.593. The summed E-state index contributed by atoms with van der Waals surface area (Å²) in [6, 6.07) is 0. The van der Waals surface area contributed by atoms with Crippen LogP contribution in [0.15, 0.2) is 0 Å². The Morgan fingerprint density at radius 1 is 1.28 bits per heavy atom. The van der Waals surface area contributed by atoms with Gasteiger partial charge in [-0.25, -0.2) is 4.79 Å². The number of hydrogen-bond donors (Lipinski definition) is 1. The molecule has 1 amide bonds. The Kier molecular flexibility index (Phi) is 10.00. The number of hydrogen-bond acceptors (Lipinski definition) is 3. The Morgan fingerprint density at radius 3 is 2.33 bits per heavy atom. The van der Waals surface area contributed by atoms with Crippen LogP contribution < -0.4 is 0 Å². The molecule has 0 saturated carbocycles. The van der Waals surface area contributed by atoms with Crippen LogP contribution in [0.3, 0.4) is 0 Å². The topological polar surface area (TPSA) is 59.0 Å². The monoisotopic (exact) mass is 277 g/mol. The van der Waals surface area contributed by atoms with Gasteiger partial charge in [-0.1, -0.05) is 26.2 Å². The van der Waals surface area contributed by atoms with Gasteiger partial charge in [0.15, 0.2) is 0 Å². The van der Waals surface area contributed by atoms with E-state index in [2.05, 4.69) is 6.92 Å². The van der Waals surface area contributed by atoms with Gasteiger partial charge in [0, 0.05) is 27.8 Å². The first kappa shape index (κ1) is 17.4. The van der Waals surface area contributed by atoms with Gasteiger partial charge < -0.3 is 18.9 Å². The third-order valence-electron chi connectivity index (χ3n) is 3.27. The van der Waals surface area contributed by atoms with E-state index in [9.17, 15) is 4.79 Å². The van der Waals surface area contributed by atoms with Crippen LogP contribution in [-0.4, -0.2) is 53.2 Å². The van der Waals surface area contributed by atoms with E-state index >= 15 is 0 Å². The molecule has 6 heteroatoms. The zero-order chi connectivity index (χ0) is 14.0. The van der Waals surface area contributed by atoms with Crippen molar-refractivity contribution in [1.29, 1.82) is 0 Å². The van der Waals surface area contributed by atoms with E-state index in [1.807, 2.05) is 0 Å². The van der Waals surface area contributed by atoms with Crippen LogP contribution >= 0.6 is 0 Å². The average Bonchev–Trinajstić information content (AvgIpc) is 2.36. The van der Waals surface area contributed by atoms with Gasteiger partial charge in [0.05, 0.1) is 0 Å². The van der Waals surface area contributed by atoms with Crippen LogP contribution in [0.2, 0.25) is 5.54 Å². The molecule has 0 aromatic rings. The lowest BCUT2D eigenvalue weighted by molar-refractivity contribution is 0.155. The molecule has 0 radical (unpaired) electrons. The molecule has 0 bridgehead atoms. The van der Waals surface area contributed by atoms with E-state index < -0.39 is 15.4 Å². The van der Waals surface area contributed by atoms with Gasteiger partial charge in [0.25, 0.3) is 0 Å². The second kappa shape index (κ2) is 10.3. The summed E-state index contributed by atoms with van der Waals surface area (Å²) in [5.74, 6) is 0. The van der Waals surface area contributed by atoms with Crippen molar-refractivity contribution >= 4 is 15.4 Å². The van der Waals surface area contributed by atoms with Crippen molar-refractivity contribution in [3.05, 3.63) is 0 Å². The molecule has 0 spiro atoms. The Bertz CT molecular complexity index is 224. The van der Waals surface area contributed by atoms with Gasteiger partial charge in [0.1, 0.15) is 0 Å². The van der Waals surface area contributed by atoms with Crippen LogP contribution in [0.25, 0.3) is 0 Å². The second-order valence-electron chi connectivity index (χ2n) is 4.56. The van der Waals surface area contributed by atoms with E-state index in [1.54, 1.807) is 21.3 Å². The molecule has 0 aliphatic rings. The molecule has 18 heavy (non-hydrogen) atoms. The normalized spacial score (nSPS) is 12.7. The lowest BCUT2D eigenvalue weighted by Crippen LogP contribution is -2.26. The molecule has 0 aliphatic carbocycles. The molecule has 0 aliphatic heterocycles. The van der Waals surface area contributed by atoms with Crippen molar-refractivity contribution in [3.63, 3.8) is 0 Å². The average molecular weight is 277 g/mol.